The van der Waals surface area contributed by atoms with Crippen LogP contribution in [0.5, 0.6) is 11.5 Å². The van der Waals surface area contributed by atoms with Crippen molar-refractivity contribution >= 4 is 52.8 Å². The van der Waals surface area contributed by atoms with Gasteiger partial charge in [-0.15, -0.1) is 0 Å². The van der Waals surface area contributed by atoms with E-state index in [2.05, 4.69) is 10.3 Å². The van der Waals surface area contributed by atoms with Gasteiger partial charge in [0.2, 0.25) is 11.8 Å². The average Bonchev–Trinajstić information content (AvgIpc) is 3.82. The Labute approximate surface area is 384 Å². The van der Waals surface area contributed by atoms with E-state index in [1.165, 1.54) is 42.3 Å². The molecule has 5 atom stereocenters. The Morgan fingerprint density at radius 3 is 2.22 bits per heavy atom. The van der Waals surface area contributed by atoms with Gasteiger partial charge in [-0.3, -0.25) is 33.8 Å². The highest BCUT2D eigenvalue weighted by atomic mass is 35.5. The highest BCUT2D eigenvalue weighted by Gasteiger charge is 2.36. The number of nitrogens with two attached hydrogens (primary N) is 1. The molecule has 65 heavy (non-hydrogen) atoms. The zero-order chi connectivity index (χ0) is 46.8. The number of benzene rings is 4. The van der Waals surface area contributed by atoms with E-state index in [-0.39, 0.29) is 59.9 Å². The van der Waals surface area contributed by atoms with Crippen LogP contribution in [-0.4, -0.2) is 75.9 Å². The third-order valence-corrected chi connectivity index (χ3v) is 12.3. The van der Waals surface area contributed by atoms with E-state index in [1.807, 2.05) is 30.3 Å². The molecule has 2 heterocycles. The zero-order valence-corrected chi connectivity index (χ0v) is 37.6. The lowest BCUT2D eigenvalue weighted by atomic mass is 9.87. The van der Waals surface area contributed by atoms with Crippen molar-refractivity contribution in [1.29, 1.82) is 0 Å². The van der Waals surface area contributed by atoms with Crippen LogP contribution in [0.1, 0.15) is 86.3 Å². The fourth-order valence-electron chi connectivity index (χ4n) is 8.26. The number of aliphatic imine (C=N–C) groups is 1. The minimum Gasteiger partial charge on any atom is -0.507 e. The molecule has 338 valence electrons. The summed E-state index contributed by atoms with van der Waals surface area (Å²) >= 11 is 6.07. The molecule has 2 aliphatic heterocycles. The number of Topliss-reactive ketones (excluding diaryl/α,β-unsaturated/α-hetero) is 3. The maximum atomic E-state index is 14.7. The molecule has 0 saturated carbocycles. The van der Waals surface area contributed by atoms with Gasteiger partial charge in [0.15, 0.2) is 23.1 Å². The topological polar surface area (TPSA) is 197 Å². The Hall–Kier alpha value is -6.50. The van der Waals surface area contributed by atoms with E-state index in [0.29, 0.717) is 59.6 Å². The molecule has 0 aromatic heterocycles. The Balaban J connectivity index is 1.29. The number of allylic oxidation sites excluding steroid dienone is 3. The van der Waals surface area contributed by atoms with Crippen LogP contribution in [0.2, 0.25) is 5.02 Å². The summed E-state index contributed by atoms with van der Waals surface area (Å²) in [5.41, 5.74) is 9.92. The van der Waals surface area contributed by atoms with Gasteiger partial charge in [-0.25, -0.2) is 0 Å². The van der Waals surface area contributed by atoms with Gasteiger partial charge >= 0.3 is 0 Å². The number of carbonyl (C=O) groups is 6. The van der Waals surface area contributed by atoms with Crippen molar-refractivity contribution < 1.29 is 39.0 Å². The van der Waals surface area contributed by atoms with Gasteiger partial charge in [0.25, 0.3) is 0 Å². The SMILES string of the molecule is C[C@H](CC(=O)[C@@H]1Cc2ccc(O)c(c2)-c2cc(ccc2O)[C@H](N(C)C(=O)[C@H](CCCCN)CC(=O)c2ccc(-c3ccc(Cl)cc3)cc2)C(=O)C[C@@H](C)C(=O)N1)C(=O)/C=C/C1=CCC=N1. The number of hydrogen-bond acceptors (Lipinski definition) is 10. The Morgan fingerprint density at radius 2 is 1.55 bits per heavy atom. The number of rotatable bonds is 16. The van der Waals surface area contributed by atoms with E-state index in [4.69, 9.17) is 17.3 Å². The van der Waals surface area contributed by atoms with Crippen LogP contribution in [0.15, 0.2) is 114 Å². The molecule has 0 saturated heterocycles. The normalized spacial score (nSPS) is 18.4. The zero-order valence-electron chi connectivity index (χ0n) is 36.8. The van der Waals surface area contributed by atoms with E-state index >= 15 is 0 Å². The lowest BCUT2D eigenvalue weighted by Crippen LogP contribution is -2.46. The third kappa shape index (κ3) is 12.2. The molecule has 0 unspecified atom stereocenters. The van der Waals surface area contributed by atoms with Gasteiger partial charge in [-0.2, -0.15) is 0 Å². The van der Waals surface area contributed by atoms with Crippen LogP contribution in [0.4, 0.5) is 0 Å². The Kier molecular flexibility index (Phi) is 16.2. The number of phenols is 2. The van der Waals surface area contributed by atoms with Crippen LogP contribution < -0.4 is 11.1 Å². The molecule has 0 spiro atoms. The van der Waals surface area contributed by atoms with Gasteiger partial charge in [0.05, 0.1) is 11.7 Å². The number of hydrogen-bond donors (Lipinski definition) is 4. The van der Waals surface area contributed by atoms with Crippen molar-refractivity contribution in [3.05, 3.63) is 131 Å². The summed E-state index contributed by atoms with van der Waals surface area (Å²) in [6.07, 6.45) is 8.07. The predicted octanol–water partition coefficient (Wildman–Crippen LogP) is 8.32. The molecule has 4 aromatic carbocycles. The number of aromatic hydroxyl groups is 2. The van der Waals surface area contributed by atoms with Crippen LogP contribution in [0.3, 0.4) is 0 Å². The summed E-state index contributed by atoms with van der Waals surface area (Å²) in [6.45, 7) is 3.58. The van der Waals surface area contributed by atoms with Crippen LogP contribution in [0, 0.1) is 17.8 Å². The highest BCUT2D eigenvalue weighted by Crippen LogP contribution is 2.40. The molecule has 0 fully saturated rings. The maximum Gasteiger partial charge on any atom is 0.226 e. The van der Waals surface area contributed by atoms with Gasteiger partial charge < -0.3 is 26.2 Å². The van der Waals surface area contributed by atoms with Gasteiger partial charge in [0.1, 0.15) is 17.5 Å². The minimum atomic E-state index is -1.28. The standard InChI is InChI=1S/C52H55ClN4O8/c1-31(44(58)22-19-40-8-6-24-55-40)25-48(62)43-28-33-9-20-45(59)41(27-33)42-29-37(16-21-46(42)60)50(49(63)26-32(2)51(64)56-43)57(3)52(65)38(7-4-5-23-54)30-47(61)36-12-10-34(11-13-36)35-14-17-39(53)18-15-35/h8-22,24,27,29,31-32,38,43,50,59-60H,4-7,23,25-26,28,30,54H2,1-3H3,(H,56,64)/b22-19+/t31-,32-,38-,43+,50+/m1/s1. The van der Waals surface area contributed by atoms with E-state index in [9.17, 15) is 39.0 Å². The van der Waals surface area contributed by atoms with Crippen molar-refractivity contribution in [2.45, 2.75) is 77.3 Å². The second-order valence-electron chi connectivity index (χ2n) is 17.0. The number of unbranched alkanes of at least 4 members (excludes halogenated alkanes) is 1. The van der Waals surface area contributed by atoms with Crippen molar-refractivity contribution in [1.82, 2.24) is 10.2 Å². The summed E-state index contributed by atoms with van der Waals surface area (Å²) in [6, 6.07) is 21.1. The number of ketones is 4. The maximum absolute atomic E-state index is 14.7. The quantitative estimate of drug-likeness (QED) is 0.0486. The molecule has 6 rings (SSSR count). The number of nitrogens with zero attached hydrogens (tertiary/aromatic N) is 2. The number of carbonyl (C=O) groups excluding carboxylic acids is 6. The van der Waals surface area contributed by atoms with Crippen LogP contribution in [-0.2, 0) is 30.4 Å². The fraction of sp³-hybridized carbons (Fsp3) is 0.327. The van der Waals surface area contributed by atoms with E-state index in [0.717, 1.165) is 11.1 Å². The molecular weight excluding hydrogens is 844 g/mol. The molecule has 12 nitrogen and oxygen atoms in total. The second kappa shape index (κ2) is 21.9. The van der Waals surface area contributed by atoms with Crippen molar-refractivity contribution in [2.24, 2.45) is 28.5 Å². The first-order valence-corrected chi connectivity index (χ1v) is 22.3. The number of fused-ring (bicyclic) bond motifs is 5. The number of likely N-dealkylation sites (N-methyl/N-ethyl adjacent to an activating group) is 1. The van der Waals surface area contributed by atoms with Gasteiger partial charge in [-0.1, -0.05) is 86.5 Å². The molecule has 2 aliphatic rings. The molecule has 5 N–H and O–H groups in total. The van der Waals surface area contributed by atoms with Crippen molar-refractivity contribution in [2.75, 3.05) is 13.6 Å². The van der Waals surface area contributed by atoms with Crippen LogP contribution >= 0.6 is 11.6 Å². The first kappa shape index (κ1) is 48.0. The van der Waals surface area contributed by atoms with E-state index < -0.39 is 53.2 Å². The van der Waals surface area contributed by atoms with Crippen molar-refractivity contribution in [3.63, 3.8) is 0 Å². The molecule has 2 amide bonds. The minimum absolute atomic E-state index is 0.00601. The lowest BCUT2D eigenvalue weighted by Gasteiger charge is -2.32. The number of phenolic OH excluding ortho intramolecular Hbond substituents is 2. The molecule has 0 radical (unpaired) electrons. The molecule has 0 aliphatic carbocycles. The first-order chi connectivity index (χ1) is 31.1. The summed E-state index contributed by atoms with van der Waals surface area (Å²) < 4.78 is 0. The summed E-state index contributed by atoms with van der Waals surface area (Å²) in [5, 5.41) is 25.8. The summed E-state index contributed by atoms with van der Waals surface area (Å²) in [4.78, 5) is 89.5. The second-order valence-corrected chi connectivity index (χ2v) is 17.4. The average molecular weight is 899 g/mol. The first-order valence-electron chi connectivity index (χ1n) is 21.9. The highest BCUT2D eigenvalue weighted by molar-refractivity contribution is 6.30. The monoisotopic (exact) mass is 898 g/mol. The van der Waals surface area contributed by atoms with Crippen LogP contribution in [0.25, 0.3) is 22.3 Å². The van der Waals surface area contributed by atoms with Crippen molar-refractivity contribution in [3.8, 4) is 33.8 Å². The lowest BCUT2D eigenvalue weighted by molar-refractivity contribution is -0.142. The predicted molar refractivity (Wildman–Crippen MR) is 251 cm³/mol. The summed E-state index contributed by atoms with van der Waals surface area (Å²) in [7, 11) is 1.48. The van der Waals surface area contributed by atoms with E-state index in [1.54, 1.807) is 62.5 Å². The smallest absolute Gasteiger partial charge is 0.226 e. The molecule has 4 aromatic rings. The Bertz CT molecular complexity index is 2530. The molecule has 13 heteroatoms. The van der Waals surface area contributed by atoms with Gasteiger partial charge in [-0.05, 0) is 96.6 Å². The fourth-order valence-corrected chi connectivity index (χ4v) is 8.39. The summed E-state index contributed by atoms with van der Waals surface area (Å²) in [5.74, 6) is -5.43. The van der Waals surface area contributed by atoms with Gasteiger partial charge in [0, 0.05) is 78.4 Å². The third-order valence-electron chi connectivity index (χ3n) is 12.1. The number of nitrogens with one attached hydrogen (secondary N) is 1. The largest absolute Gasteiger partial charge is 0.507 e. The molecule has 4 bridgehead atoms. The number of halogens is 1. The Morgan fingerprint density at radius 1 is 0.892 bits per heavy atom. The molecular formula is C52H55ClN4O8. The number of amides is 2.